The molecule has 2 rings (SSSR count). The van der Waals surface area contributed by atoms with Gasteiger partial charge in [0.05, 0.1) is 29.8 Å². The first-order valence-corrected chi connectivity index (χ1v) is 7.08. The van der Waals surface area contributed by atoms with Crippen molar-refractivity contribution in [2.75, 3.05) is 19.8 Å². The van der Waals surface area contributed by atoms with Gasteiger partial charge in [-0.05, 0) is 24.6 Å². The molecule has 21 heavy (non-hydrogen) atoms. The van der Waals surface area contributed by atoms with Crippen molar-refractivity contribution in [1.82, 2.24) is 9.55 Å². The molecule has 0 aliphatic heterocycles. The van der Waals surface area contributed by atoms with Crippen LogP contribution in [-0.2, 0) is 17.7 Å². The van der Waals surface area contributed by atoms with Crippen LogP contribution < -0.4 is 0 Å². The summed E-state index contributed by atoms with van der Waals surface area (Å²) in [7, 11) is 0. The van der Waals surface area contributed by atoms with E-state index in [2.05, 4.69) is 4.98 Å². The lowest BCUT2D eigenvalue weighted by Gasteiger charge is -2.08. The quantitative estimate of drug-likeness (QED) is 0.723. The van der Waals surface area contributed by atoms with Gasteiger partial charge in [-0.25, -0.2) is 9.78 Å². The van der Waals surface area contributed by atoms with E-state index < -0.39 is 5.97 Å². The fraction of sp³-hybridized carbons (Fsp3) is 0.467. The van der Waals surface area contributed by atoms with E-state index >= 15 is 0 Å². The summed E-state index contributed by atoms with van der Waals surface area (Å²) in [5.41, 5.74) is 1.92. The van der Waals surface area contributed by atoms with Gasteiger partial charge in [0, 0.05) is 19.6 Å². The van der Waals surface area contributed by atoms with Crippen molar-refractivity contribution in [2.24, 2.45) is 0 Å². The minimum absolute atomic E-state index is 0.0240. The number of aryl methyl sites for hydroxylation is 2. The van der Waals surface area contributed by atoms with Crippen LogP contribution in [0.2, 0.25) is 0 Å². The Labute approximate surface area is 123 Å². The molecule has 114 valence electrons. The SMILES string of the molecule is CCc1nc2ccc(C(=O)O)cc2n1CCCOCCO. The summed E-state index contributed by atoms with van der Waals surface area (Å²) in [5.74, 6) is 0.00340. The summed E-state index contributed by atoms with van der Waals surface area (Å²) < 4.78 is 7.30. The Bertz CT molecular complexity index is 621. The number of hydrogen-bond acceptors (Lipinski definition) is 4. The standard InChI is InChI=1S/C15H20N2O4/c1-2-14-16-12-5-4-11(15(19)20)10-13(12)17(14)6-3-8-21-9-7-18/h4-5,10,18H,2-3,6-9H2,1H3,(H,19,20). The number of rotatable bonds is 8. The predicted molar refractivity (Wildman–Crippen MR) is 78.6 cm³/mol. The number of carboxylic acids is 1. The molecule has 0 aliphatic rings. The molecular formula is C15H20N2O4. The molecule has 0 bridgehead atoms. The summed E-state index contributed by atoms with van der Waals surface area (Å²) >= 11 is 0. The van der Waals surface area contributed by atoms with E-state index in [1.807, 2.05) is 11.5 Å². The molecule has 2 N–H and O–H groups in total. The fourth-order valence-corrected chi connectivity index (χ4v) is 2.32. The number of carbonyl (C=O) groups is 1. The normalized spacial score (nSPS) is 11.1. The van der Waals surface area contributed by atoms with E-state index in [0.29, 0.717) is 19.8 Å². The molecule has 0 saturated carbocycles. The van der Waals surface area contributed by atoms with Crippen molar-refractivity contribution < 1.29 is 19.7 Å². The number of nitrogens with zero attached hydrogens (tertiary/aromatic N) is 2. The highest BCUT2D eigenvalue weighted by molar-refractivity contribution is 5.92. The lowest BCUT2D eigenvalue weighted by molar-refractivity contribution is 0.0697. The number of aromatic carboxylic acids is 1. The van der Waals surface area contributed by atoms with E-state index in [1.54, 1.807) is 18.2 Å². The zero-order valence-corrected chi connectivity index (χ0v) is 12.1. The molecule has 0 radical (unpaired) electrons. The van der Waals surface area contributed by atoms with E-state index in [-0.39, 0.29) is 12.2 Å². The molecule has 0 fully saturated rings. The molecule has 0 atom stereocenters. The van der Waals surface area contributed by atoms with Crippen LogP contribution in [0.15, 0.2) is 18.2 Å². The van der Waals surface area contributed by atoms with Gasteiger partial charge in [-0.2, -0.15) is 0 Å². The molecule has 6 nitrogen and oxygen atoms in total. The lowest BCUT2D eigenvalue weighted by atomic mass is 10.2. The summed E-state index contributed by atoms with van der Waals surface area (Å²) in [6.45, 7) is 3.67. The van der Waals surface area contributed by atoms with E-state index in [9.17, 15) is 4.79 Å². The molecule has 6 heteroatoms. The highest BCUT2D eigenvalue weighted by Gasteiger charge is 2.12. The summed E-state index contributed by atoms with van der Waals surface area (Å²) in [4.78, 5) is 15.6. The first kappa shape index (κ1) is 15.5. The third-order valence-corrected chi connectivity index (χ3v) is 3.30. The Balaban J connectivity index is 2.22. The molecule has 1 aromatic heterocycles. The van der Waals surface area contributed by atoms with Crippen LogP contribution in [0.4, 0.5) is 0 Å². The van der Waals surface area contributed by atoms with Crippen molar-refractivity contribution in [3.05, 3.63) is 29.6 Å². The van der Waals surface area contributed by atoms with Crippen molar-refractivity contribution in [2.45, 2.75) is 26.3 Å². The van der Waals surface area contributed by atoms with Crippen LogP contribution in [-0.4, -0.2) is 45.6 Å². The Hall–Kier alpha value is -1.92. The van der Waals surface area contributed by atoms with Crippen LogP contribution >= 0.6 is 0 Å². The first-order chi connectivity index (χ1) is 10.2. The Morgan fingerprint density at radius 3 is 2.86 bits per heavy atom. The number of benzene rings is 1. The molecule has 2 aromatic rings. The van der Waals surface area contributed by atoms with Gasteiger partial charge in [-0.1, -0.05) is 6.92 Å². The zero-order chi connectivity index (χ0) is 15.2. The molecule has 0 unspecified atom stereocenters. The highest BCUT2D eigenvalue weighted by atomic mass is 16.5. The van der Waals surface area contributed by atoms with Gasteiger partial charge in [0.2, 0.25) is 0 Å². The molecule has 0 spiro atoms. The number of imidazole rings is 1. The van der Waals surface area contributed by atoms with Crippen LogP contribution in [0.5, 0.6) is 0 Å². The molecule has 1 heterocycles. The van der Waals surface area contributed by atoms with Gasteiger partial charge >= 0.3 is 5.97 Å². The van der Waals surface area contributed by atoms with Crippen LogP contribution in [0.3, 0.4) is 0 Å². The van der Waals surface area contributed by atoms with Crippen molar-refractivity contribution >= 4 is 17.0 Å². The zero-order valence-electron chi connectivity index (χ0n) is 12.1. The number of carboxylic acid groups (broad SMARTS) is 1. The smallest absolute Gasteiger partial charge is 0.335 e. The van der Waals surface area contributed by atoms with Crippen LogP contribution in [0.1, 0.15) is 29.5 Å². The van der Waals surface area contributed by atoms with Gasteiger partial charge in [0.15, 0.2) is 0 Å². The Morgan fingerprint density at radius 2 is 2.19 bits per heavy atom. The monoisotopic (exact) mass is 292 g/mol. The number of fused-ring (bicyclic) bond motifs is 1. The van der Waals surface area contributed by atoms with Crippen molar-refractivity contribution in [1.29, 1.82) is 0 Å². The minimum Gasteiger partial charge on any atom is -0.478 e. The summed E-state index contributed by atoms with van der Waals surface area (Å²) in [6.07, 6.45) is 1.57. The summed E-state index contributed by atoms with van der Waals surface area (Å²) in [5, 5.41) is 17.8. The fourth-order valence-electron chi connectivity index (χ4n) is 2.32. The number of aliphatic hydroxyl groups excluding tert-OH is 1. The Morgan fingerprint density at radius 1 is 1.38 bits per heavy atom. The van der Waals surface area contributed by atoms with Gasteiger partial charge in [-0.3, -0.25) is 0 Å². The van der Waals surface area contributed by atoms with Gasteiger partial charge in [0.25, 0.3) is 0 Å². The highest BCUT2D eigenvalue weighted by Crippen LogP contribution is 2.19. The topological polar surface area (TPSA) is 84.6 Å². The van der Waals surface area contributed by atoms with E-state index in [1.165, 1.54) is 0 Å². The molecular weight excluding hydrogens is 272 g/mol. The number of hydrogen-bond donors (Lipinski definition) is 2. The third kappa shape index (κ3) is 3.59. The van der Waals surface area contributed by atoms with Gasteiger partial charge in [0.1, 0.15) is 5.82 Å². The largest absolute Gasteiger partial charge is 0.478 e. The predicted octanol–water partition coefficient (Wildman–Crippen LogP) is 1.70. The second-order valence-electron chi connectivity index (χ2n) is 4.73. The Kier molecular flexibility index (Phi) is 5.30. The first-order valence-electron chi connectivity index (χ1n) is 7.08. The number of aromatic nitrogens is 2. The average molecular weight is 292 g/mol. The molecule has 0 amide bonds. The van der Waals surface area contributed by atoms with E-state index in [0.717, 1.165) is 29.7 Å². The van der Waals surface area contributed by atoms with E-state index in [4.69, 9.17) is 14.9 Å². The van der Waals surface area contributed by atoms with Crippen molar-refractivity contribution in [3.8, 4) is 0 Å². The summed E-state index contributed by atoms with van der Waals surface area (Å²) in [6, 6.07) is 4.99. The second-order valence-corrected chi connectivity index (χ2v) is 4.73. The maximum Gasteiger partial charge on any atom is 0.335 e. The third-order valence-electron chi connectivity index (χ3n) is 3.30. The minimum atomic E-state index is -0.936. The van der Waals surface area contributed by atoms with Crippen LogP contribution in [0.25, 0.3) is 11.0 Å². The van der Waals surface area contributed by atoms with Crippen molar-refractivity contribution in [3.63, 3.8) is 0 Å². The maximum atomic E-state index is 11.1. The molecule has 1 aromatic carbocycles. The molecule has 0 aliphatic carbocycles. The maximum absolute atomic E-state index is 11.1. The number of ether oxygens (including phenoxy) is 1. The van der Waals surface area contributed by atoms with Crippen LogP contribution in [0, 0.1) is 0 Å². The average Bonchev–Trinajstić information content (AvgIpc) is 2.84. The lowest BCUT2D eigenvalue weighted by Crippen LogP contribution is -2.08. The second kappa shape index (κ2) is 7.19. The van der Waals surface area contributed by atoms with Gasteiger partial charge in [-0.15, -0.1) is 0 Å². The number of aliphatic hydroxyl groups is 1. The van der Waals surface area contributed by atoms with Gasteiger partial charge < -0.3 is 19.5 Å². The molecule has 0 saturated heterocycles.